The van der Waals surface area contributed by atoms with Crippen molar-refractivity contribution in [3.63, 3.8) is 0 Å². The van der Waals surface area contributed by atoms with Crippen molar-refractivity contribution in [3.05, 3.63) is 29.3 Å². The van der Waals surface area contributed by atoms with E-state index in [0.717, 1.165) is 67.6 Å². The molecule has 4 rings (SSSR count). The fourth-order valence-electron chi connectivity index (χ4n) is 3.85. The van der Waals surface area contributed by atoms with E-state index >= 15 is 0 Å². The summed E-state index contributed by atoms with van der Waals surface area (Å²) >= 11 is 6.56. The highest BCUT2D eigenvalue weighted by molar-refractivity contribution is 6.33. The van der Waals surface area contributed by atoms with Crippen LogP contribution in [0.25, 0.3) is 10.9 Å². The van der Waals surface area contributed by atoms with Gasteiger partial charge in [-0.25, -0.2) is 4.98 Å². The van der Waals surface area contributed by atoms with Crippen LogP contribution in [0.15, 0.2) is 24.3 Å². The van der Waals surface area contributed by atoms with E-state index in [2.05, 4.69) is 39.4 Å². The lowest BCUT2D eigenvalue weighted by Gasteiger charge is -2.33. The first-order valence-electron chi connectivity index (χ1n) is 9.25. The van der Waals surface area contributed by atoms with E-state index in [1.807, 2.05) is 0 Å². The van der Waals surface area contributed by atoms with Crippen LogP contribution in [-0.4, -0.2) is 50.8 Å². The molecule has 2 aromatic rings. The fourth-order valence-corrected chi connectivity index (χ4v) is 4.13. The first kappa shape index (κ1) is 16.9. The molecular formula is C19H26ClN5. The van der Waals surface area contributed by atoms with E-state index in [1.165, 1.54) is 18.5 Å². The van der Waals surface area contributed by atoms with Crippen molar-refractivity contribution in [2.45, 2.75) is 12.8 Å². The SMILES string of the molecule is NCC1CCN(c2ccc3nc(N4CCNCC4)c(Cl)cc3c2)CC1. The summed E-state index contributed by atoms with van der Waals surface area (Å²) in [6.45, 7) is 6.82. The number of hydrogen-bond donors (Lipinski definition) is 2. The second-order valence-corrected chi connectivity index (χ2v) is 7.48. The van der Waals surface area contributed by atoms with Crippen molar-refractivity contribution in [2.75, 3.05) is 55.6 Å². The molecule has 0 bridgehead atoms. The standard InChI is InChI=1S/C19H26ClN5/c20-17-12-15-11-16(24-7-3-14(13-21)4-8-24)1-2-18(15)23-19(17)25-9-5-22-6-10-25/h1-2,11-12,14,22H,3-10,13,21H2. The van der Waals surface area contributed by atoms with Crippen molar-refractivity contribution in [1.29, 1.82) is 0 Å². The minimum Gasteiger partial charge on any atom is -0.371 e. The van der Waals surface area contributed by atoms with Crippen molar-refractivity contribution in [2.24, 2.45) is 11.7 Å². The Morgan fingerprint density at radius 1 is 1.08 bits per heavy atom. The van der Waals surface area contributed by atoms with Crippen molar-refractivity contribution in [3.8, 4) is 0 Å². The van der Waals surface area contributed by atoms with Crippen LogP contribution in [0.4, 0.5) is 11.5 Å². The molecule has 0 atom stereocenters. The zero-order chi connectivity index (χ0) is 17.2. The lowest BCUT2D eigenvalue weighted by Crippen LogP contribution is -2.44. The van der Waals surface area contributed by atoms with Crippen molar-refractivity contribution >= 4 is 34.0 Å². The number of nitrogens with zero attached hydrogens (tertiary/aromatic N) is 3. The van der Waals surface area contributed by atoms with Gasteiger partial charge in [0.05, 0.1) is 10.5 Å². The van der Waals surface area contributed by atoms with Crippen molar-refractivity contribution in [1.82, 2.24) is 10.3 Å². The number of halogens is 1. The quantitative estimate of drug-likeness (QED) is 0.881. The Hall–Kier alpha value is -1.56. The van der Waals surface area contributed by atoms with Gasteiger partial charge < -0.3 is 20.9 Å². The van der Waals surface area contributed by atoms with E-state index in [-0.39, 0.29) is 0 Å². The normalized spacial score (nSPS) is 19.6. The summed E-state index contributed by atoms with van der Waals surface area (Å²) in [4.78, 5) is 9.56. The number of nitrogens with two attached hydrogens (primary N) is 1. The Bertz CT molecular complexity index is 736. The van der Waals surface area contributed by atoms with Gasteiger partial charge in [-0.2, -0.15) is 0 Å². The molecule has 1 aromatic heterocycles. The van der Waals surface area contributed by atoms with Crippen LogP contribution in [0.5, 0.6) is 0 Å². The topological polar surface area (TPSA) is 57.4 Å². The molecule has 6 heteroatoms. The zero-order valence-corrected chi connectivity index (χ0v) is 15.3. The molecule has 2 fully saturated rings. The number of nitrogens with one attached hydrogen (secondary N) is 1. The first-order chi connectivity index (χ1) is 12.2. The first-order valence-corrected chi connectivity index (χ1v) is 9.63. The van der Waals surface area contributed by atoms with E-state index in [1.54, 1.807) is 0 Å². The Morgan fingerprint density at radius 2 is 1.84 bits per heavy atom. The van der Waals surface area contributed by atoms with E-state index in [4.69, 9.17) is 22.3 Å². The van der Waals surface area contributed by atoms with Gasteiger partial charge in [0.15, 0.2) is 0 Å². The van der Waals surface area contributed by atoms with Gasteiger partial charge in [-0.1, -0.05) is 11.6 Å². The maximum atomic E-state index is 6.56. The Morgan fingerprint density at radius 3 is 2.56 bits per heavy atom. The molecule has 3 N–H and O–H groups in total. The van der Waals surface area contributed by atoms with Crippen LogP contribution in [0, 0.1) is 5.92 Å². The molecule has 0 unspecified atom stereocenters. The Balaban J connectivity index is 1.59. The molecule has 0 aliphatic carbocycles. The average molecular weight is 360 g/mol. The number of piperidine rings is 1. The van der Waals surface area contributed by atoms with Crippen LogP contribution >= 0.6 is 11.6 Å². The molecule has 2 saturated heterocycles. The molecule has 3 heterocycles. The molecule has 0 radical (unpaired) electrons. The van der Waals surface area contributed by atoms with Gasteiger partial charge in [-0.3, -0.25) is 0 Å². The molecule has 5 nitrogen and oxygen atoms in total. The fraction of sp³-hybridized carbons (Fsp3) is 0.526. The molecule has 2 aliphatic rings. The van der Waals surface area contributed by atoms with Crippen LogP contribution in [0.2, 0.25) is 5.02 Å². The van der Waals surface area contributed by atoms with Crippen molar-refractivity contribution < 1.29 is 0 Å². The van der Waals surface area contributed by atoms with Crippen LogP contribution in [-0.2, 0) is 0 Å². The molecule has 0 spiro atoms. The van der Waals surface area contributed by atoms with Crippen LogP contribution < -0.4 is 20.9 Å². The third kappa shape index (κ3) is 3.54. The highest BCUT2D eigenvalue weighted by Crippen LogP contribution is 2.31. The predicted octanol–water partition coefficient (Wildman–Crippen LogP) is 2.47. The summed E-state index contributed by atoms with van der Waals surface area (Å²) in [7, 11) is 0. The van der Waals surface area contributed by atoms with Crippen LogP contribution in [0.3, 0.4) is 0 Å². The van der Waals surface area contributed by atoms with Crippen LogP contribution in [0.1, 0.15) is 12.8 Å². The smallest absolute Gasteiger partial charge is 0.148 e. The summed E-state index contributed by atoms with van der Waals surface area (Å²) in [5.74, 6) is 1.58. The predicted molar refractivity (Wildman–Crippen MR) is 106 cm³/mol. The van der Waals surface area contributed by atoms with Gasteiger partial charge in [-0.15, -0.1) is 0 Å². The van der Waals surface area contributed by atoms with E-state index < -0.39 is 0 Å². The van der Waals surface area contributed by atoms with Gasteiger partial charge in [0.25, 0.3) is 0 Å². The summed E-state index contributed by atoms with van der Waals surface area (Å²) in [5, 5.41) is 5.22. The summed E-state index contributed by atoms with van der Waals surface area (Å²) < 4.78 is 0. The second-order valence-electron chi connectivity index (χ2n) is 7.07. The third-order valence-corrected chi connectivity index (χ3v) is 5.74. The number of piperazine rings is 1. The van der Waals surface area contributed by atoms with E-state index in [9.17, 15) is 0 Å². The van der Waals surface area contributed by atoms with Gasteiger partial charge in [0, 0.05) is 50.3 Å². The average Bonchev–Trinajstić information content (AvgIpc) is 2.68. The Kier molecular flexibility index (Phi) is 4.97. The van der Waals surface area contributed by atoms with Gasteiger partial charge >= 0.3 is 0 Å². The molecule has 2 aliphatic heterocycles. The number of anilines is 2. The number of hydrogen-bond acceptors (Lipinski definition) is 5. The monoisotopic (exact) mass is 359 g/mol. The third-order valence-electron chi connectivity index (χ3n) is 5.46. The maximum Gasteiger partial charge on any atom is 0.148 e. The number of pyridine rings is 1. The summed E-state index contributed by atoms with van der Waals surface area (Å²) in [5.41, 5.74) is 8.08. The number of rotatable bonds is 3. The maximum absolute atomic E-state index is 6.56. The minimum atomic E-state index is 0.675. The van der Waals surface area contributed by atoms with Gasteiger partial charge in [0.2, 0.25) is 0 Å². The second kappa shape index (κ2) is 7.36. The molecule has 25 heavy (non-hydrogen) atoms. The number of fused-ring (bicyclic) bond motifs is 1. The summed E-state index contributed by atoms with van der Waals surface area (Å²) in [6, 6.07) is 8.60. The lowest BCUT2D eigenvalue weighted by molar-refractivity contribution is 0.414. The van der Waals surface area contributed by atoms with E-state index in [0.29, 0.717) is 5.92 Å². The largest absolute Gasteiger partial charge is 0.371 e. The van der Waals surface area contributed by atoms with Gasteiger partial charge in [0.1, 0.15) is 5.82 Å². The Labute approximate surface area is 154 Å². The minimum absolute atomic E-state index is 0.675. The highest BCUT2D eigenvalue weighted by atomic mass is 35.5. The molecular weight excluding hydrogens is 334 g/mol. The molecule has 134 valence electrons. The summed E-state index contributed by atoms with van der Waals surface area (Å²) in [6.07, 6.45) is 2.35. The highest BCUT2D eigenvalue weighted by Gasteiger charge is 2.19. The molecule has 0 amide bonds. The zero-order valence-electron chi connectivity index (χ0n) is 14.5. The van der Waals surface area contributed by atoms with Gasteiger partial charge in [-0.05, 0) is 49.6 Å². The number of aromatic nitrogens is 1. The lowest BCUT2D eigenvalue weighted by atomic mass is 9.96. The molecule has 1 aromatic carbocycles. The number of benzene rings is 1. The molecule has 0 saturated carbocycles.